The van der Waals surface area contributed by atoms with Gasteiger partial charge in [0, 0.05) is 24.3 Å². The average molecular weight is 435 g/mol. The third-order valence-corrected chi connectivity index (χ3v) is 11.3. The van der Waals surface area contributed by atoms with Crippen molar-refractivity contribution in [3.8, 4) is 0 Å². The molecule has 1 aliphatic rings. The van der Waals surface area contributed by atoms with Crippen LogP contribution in [-0.2, 0) is 4.43 Å². The summed E-state index contributed by atoms with van der Waals surface area (Å²) in [7, 11) is -1.90. The Morgan fingerprint density at radius 3 is 2.33 bits per heavy atom. The Bertz CT molecular complexity index is 591. The Kier molecular flexibility index (Phi) is 8.56. The lowest BCUT2D eigenvalue weighted by Crippen LogP contribution is -2.42. The van der Waals surface area contributed by atoms with E-state index in [1.165, 1.54) is 0 Å². The van der Waals surface area contributed by atoms with Gasteiger partial charge in [-0.25, -0.2) is 9.37 Å². The van der Waals surface area contributed by atoms with Gasteiger partial charge in [-0.15, -0.1) is 0 Å². The molecule has 0 aromatic carbocycles. The average Bonchev–Trinajstić information content (AvgIpc) is 3.05. The summed E-state index contributed by atoms with van der Waals surface area (Å²) in [6, 6.07) is 4.90. The predicted molar refractivity (Wildman–Crippen MR) is 115 cm³/mol. The zero-order valence-electron chi connectivity index (χ0n) is 17.0. The first-order valence-corrected chi connectivity index (χ1v) is 13.5. The number of alkyl halides is 1. The van der Waals surface area contributed by atoms with Crippen LogP contribution in [0.5, 0.6) is 0 Å². The monoisotopic (exact) mass is 434 g/mol. The molecule has 1 aliphatic carbocycles. The number of aryl methyl sites for hydroxylation is 1. The lowest BCUT2D eigenvalue weighted by Gasteiger charge is -2.34. The molecule has 2 rings (SSSR count). The molecule has 7 heteroatoms. The fourth-order valence-electron chi connectivity index (χ4n) is 4.01. The molecule has 0 amide bonds. The zero-order chi connectivity index (χ0) is 20.1. The number of rotatable bonds is 10. The molecular formula is C20H33Cl2FN2OSi. The second kappa shape index (κ2) is 10.0. The van der Waals surface area contributed by atoms with E-state index in [0.29, 0.717) is 36.1 Å². The van der Waals surface area contributed by atoms with Gasteiger partial charge in [-0.1, -0.05) is 56.8 Å². The molecule has 3 nitrogen and oxygen atoms in total. The number of hydrogen-bond acceptors (Lipinski definition) is 3. The van der Waals surface area contributed by atoms with Gasteiger partial charge >= 0.3 is 0 Å². The second-order valence-electron chi connectivity index (χ2n) is 7.79. The third-order valence-electron chi connectivity index (χ3n) is 6.01. The quantitative estimate of drug-likeness (QED) is 0.331. The topological polar surface area (TPSA) is 34.1 Å². The Hall–Kier alpha value is -0.203. The highest BCUT2D eigenvalue weighted by atomic mass is 35.5. The van der Waals surface area contributed by atoms with E-state index in [1.54, 1.807) is 0 Å². The Balaban J connectivity index is 2.23. The third kappa shape index (κ3) is 5.89. The first-order chi connectivity index (χ1) is 12.8. The molecule has 1 unspecified atom stereocenters. The molecule has 1 atom stereocenters. The molecule has 0 spiro atoms. The van der Waals surface area contributed by atoms with Gasteiger partial charge in [-0.05, 0) is 44.0 Å². The van der Waals surface area contributed by atoms with Gasteiger partial charge in [0.1, 0.15) is 10.8 Å². The van der Waals surface area contributed by atoms with Gasteiger partial charge in [-0.2, -0.15) is 0 Å². The minimum Gasteiger partial charge on any atom is -0.408 e. The van der Waals surface area contributed by atoms with Crippen molar-refractivity contribution >= 4 is 31.5 Å². The largest absolute Gasteiger partial charge is 0.408 e. The Morgan fingerprint density at radius 1 is 1.22 bits per heavy atom. The minimum atomic E-state index is -1.90. The lowest BCUT2D eigenvalue weighted by molar-refractivity contribution is 0.146. The van der Waals surface area contributed by atoms with Gasteiger partial charge in [0.25, 0.3) is 0 Å². The molecular weight excluding hydrogens is 402 g/mol. The second-order valence-corrected chi connectivity index (χ2v) is 13.3. The van der Waals surface area contributed by atoms with Crippen LogP contribution in [0.4, 0.5) is 4.39 Å². The molecule has 0 bridgehead atoms. The predicted octanol–water partition coefficient (Wildman–Crippen LogP) is 6.63. The van der Waals surface area contributed by atoms with Gasteiger partial charge in [0.05, 0.1) is 11.1 Å². The molecule has 1 fully saturated rings. The van der Waals surface area contributed by atoms with Gasteiger partial charge in [0.2, 0.25) is 0 Å². The molecule has 1 saturated carbocycles. The SMILES string of the molecule is CC[Si](CC)(CC)OC(CNCC1(F)CCCC1)c1c(Cl)cc(C)nc1Cl. The summed E-state index contributed by atoms with van der Waals surface area (Å²) >= 11 is 13.0. The number of nitrogens with one attached hydrogen (secondary N) is 1. The molecule has 1 N–H and O–H groups in total. The first-order valence-electron chi connectivity index (χ1n) is 10.2. The number of halogens is 3. The van der Waals surface area contributed by atoms with Crippen LogP contribution < -0.4 is 5.32 Å². The van der Waals surface area contributed by atoms with Crippen molar-refractivity contribution in [2.24, 2.45) is 0 Å². The van der Waals surface area contributed by atoms with Crippen LogP contribution >= 0.6 is 23.2 Å². The summed E-state index contributed by atoms with van der Waals surface area (Å²) in [4.78, 5) is 4.38. The molecule has 154 valence electrons. The van der Waals surface area contributed by atoms with Crippen molar-refractivity contribution in [2.45, 2.75) is 83.3 Å². The van der Waals surface area contributed by atoms with E-state index in [0.717, 1.165) is 42.2 Å². The maximum Gasteiger partial charge on any atom is 0.192 e. The summed E-state index contributed by atoms with van der Waals surface area (Å²) < 4.78 is 21.5. The van der Waals surface area contributed by atoms with Crippen LogP contribution in [0.25, 0.3) is 0 Å². The van der Waals surface area contributed by atoms with Crippen LogP contribution in [0, 0.1) is 6.92 Å². The van der Waals surface area contributed by atoms with Crippen LogP contribution in [0.2, 0.25) is 28.3 Å². The standard InChI is InChI=1S/C20H33Cl2FN2OSi/c1-5-27(6-2,7-3)26-17(13-24-14-20(23)10-8-9-11-20)18-16(21)12-15(4)25-19(18)22/h12,17,24H,5-11,13-14H2,1-4H3. The summed E-state index contributed by atoms with van der Waals surface area (Å²) in [6.07, 6.45) is 2.90. The molecule has 1 heterocycles. The van der Waals surface area contributed by atoms with Crippen molar-refractivity contribution in [1.29, 1.82) is 0 Å². The molecule has 0 saturated heterocycles. The van der Waals surface area contributed by atoms with Crippen molar-refractivity contribution in [3.05, 3.63) is 27.5 Å². The van der Waals surface area contributed by atoms with Crippen LogP contribution in [-0.4, -0.2) is 32.1 Å². The van der Waals surface area contributed by atoms with E-state index in [2.05, 4.69) is 31.1 Å². The number of aromatic nitrogens is 1. The molecule has 1 aromatic heterocycles. The van der Waals surface area contributed by atoms with Crippen molar-refractivity contribution in [3.63, 3.8) is 0 Å². The van der Waals surface area contributed by atoms with E-state index < -0.39 is 14.0 Å². The summed E-state index contributed by atoms with van der Waals surface area (Å²) in [5.74, 6) is 0. The summed E-state index contributed by atoms with van der Waals surface area (Å²) in [5, 5.41) is 4.26. The van der Waals surface area contributed by atoms with E-state index in [9.17, 15) is 4.39 Å². The van der Waals surface area contributed by atoms with Crippen LogP contribution in [0.1, 0.15) is 63.8 Å². The first kappa shape index (κ1) is 23.1. The fraction of sp³-hybridized carbons (Fsp3) is 0.750. The van der Waals surface area contributed by atoms with Crippen LogP contribution in [0.15, 0.2) is 6.07 Å². The number of nitrogens with zero attached hydrogens (tertiary/aromatic N) is 1. The maximum absolute atomic E-state index is 14.8. The number of hydrogen-bond donors (Lipinski definition) is 1. The highest BCUT2D eigenvalue weighted by Crippen LogP contribution is 2.37. The van der Waals surface area contributed by atoms with Crippen molar-refractivity contribution in [2.75, 3.05) is 13.1 Å². The molecule has 27 heavy (non-hydrogen) atoms. The lowest BCUT2D eigenvalue weighted by atomic mass is 10.0. The molecule has 0 radical (unpaired) electrons. The number of pyridine rings is 1. The summed E-state index contributed by atoms with van der Waals surface area (Å²) in [5.41, 5.74) is 0.403. The molecule has 0 aliphatic heterocycles. The zero-order valence-corrected chi connectivity index (χ0v) is 19.5. The highest BCUT2D eigenvalue weighted by molar-refractivity contribution is 6.73. The van der Waals surface area contributed by atoms with E-state index in [1.807, 2.05) is 13.0 Å². The Labute approximate surface area is 174 Å². The minimum absolute atomic E-state index is 0.311. The van der Waals surface area contributed by atoms with Crippen molar-refractivity contribution < 1.29 is 8.82 Å². The van der Waals surface area contributed by atoms with E-state index in [-0.39, 0.29) is 6.10 Å². The van der Waals surface area contributed by atoms with E-state index in [4.69, 9.17) is 27.6 Å². The van der Waals surface area contributed by atoms with Crippen LogP contribution in [0.3, 0.4) is 0 Å². The van der Waals surface area contributed by atoms with Crippen molar-refractivity contribution in [1.82, 2.24) is 10.3 Å². The van der Waals surface area contributed by atoms with Gasteiger partial charge < -0.3 is 9.74 Å². The van der Waals surface area contributed by atoms with E-state index >= 15 is 0 Å². The smallest absolute Gasteiger partial charge is 0.192 e. The fourth-order valence-corrected chi connectivity index (χ4v) is 7.59. The summed E-state index contributed by atoms with van der Waals surface area (Å²) in [6.45, 7) is 9.27. The maximum atomic E-state index is 14.8. The normalized spacial score (nSPS) is 18.0. The molecule has 1 aromatic rings. The highest BCUT2D eigenvalue weighted by Gasteiger charge is 2.36. The van der Waals surface area contributed by atoms with Gasteiger partial charge in [0.15, 0.2) is 8.32 Å². The Morgan fingerprint density at radius 2 is 1.81 bits per heavy atom. The van der Waals surface area contributed by atoms with Gasteiger partial charge in [-0.3, -0.25) is 0 Å².